The van der Waals surface area contributed by atoms with Gasteiger partial charge in [0.05, 0.1) is 6.26 Å². The van der Waals surface area contributed by atoms with Crippen LogP contribution in [0.25, 0.3) is 0 Å². The summed E-state index contributed by atoms with van der Waals surface area (Å²) in [7, 11) is 0. The van der Waals surface area contributed by atoms with Crippen LogP contribution in [-0.2, 0) is 13.0 Å². The van der Waals surface area contributed by atoms with E-state index in [1.807, 2.05) is 36.4 Å². The molecule has 1 aromatic heterocycles. The Morgan fingerprint density at radius 3 is 2.56 bits per heavy atom. The van der Waals surface area contributed by atoms with Gasteiger partial charge in [-0.1, -0.05) is 12.1 Å². The molecule has 1 heterocycles. The number of aliphatic hydroxyl groups excluding tert-OH is 1. The largest absolute Gasteiger partial charge is 0.486 e. The highest BCUT2D eigenvalue weighted by atomic mass is 16.5. The minimum absolute atomic E-state index is 0.173. The van der Waals surface area contributed by atoms with Gasteiger partial charge in [0.1, 0.15) is 18.1 Å². The van der Waals surface area contributed by atoms with Gasteiger partial charge in [0.2, 0.25) is 0 Å². The van der Waals surface area contributed by atoms with Crippen molar-refractivity contribution in [2.24, 2.45) is 0 Å². The lowest BCUT2D eigenvalue weighted by atomic mass is 10.1. The Hall–Kier alpha value is -1.74. The van der Waals surface area contributed by atoms with E-state index >= 15 is 0 Å². The maximum absolute atomic E-state index is 8.77. The van der Waals surface area contributed by atoms with Gasteiger partial charge in [-0.3, -0.25) is 0 Å². The van der Waals surface area contributed by atoms with Crippen molar-refractivity contribution in [1.29, 1.82) is 0 Å². The van der Waals surface area contributed by atoms with Gasteiger partial charge in [0.15, 0.2) is 0 Å². The molecule has 3 nitrogen and oxygen atoms in total. The van der Waals surface area contributed by atoms with E-state index in [-0.39, 0.29) is 6.61 Å². The van der Waals surface area contributed by atoms with E-state index < -0.39 is 0 Å². The van der Waals surface area contributed by atoms with Gasteiger partial charge in [-0.2, -0.15) is 0 Å². The minimum Gasteiger partial charge on any atom is -0.486 e. The van der Waals surface area contributed by atoms with Crippen molar-refractivity contribution in [3.05, 3.63) is 54.0 Å². The Labute approximate surface area is 94.3 Å². The van der Waals surface area contributed by atoms with E-state index in [9.17, 15) is 0 Å². The lowest BCUT2D eigenvalue weighted by Gasteiger charge is -2.05. The summed E-state index contributed by atoms with van der Waals surface area (Å²) in [4.78, 5) is 0. The average molecular weight is 218 g/mol. The highest BCUT2D eigenvalue weighted by Gasteiger charge is 1.98. The molecule has 0 aliphatic rings. The normalized spacial score (nSPS) is 10.3. The second-order valence-corrected chi connectivity index (χ2v) is 3.49. The van der Waals surface area contributed by atoms with E-state index in [4.69, 9.17) is 14.3 Å². The SMILES string of the molecule is OCCc1ccc(OCc2ccco2)cc1. The first-order valence-corrected chi connectivity index (χ1v) is 5.23. The molecule has 0 saturated heterocycles. The summed E-state index contributed by atoms with van der Waals surface area (Å²) >= 11 is 0. The highest BCUT2D eigenvalue weighted by Crippen LogP contribution is 2.14. The van der Waals surface area contributed by atoms with Crippen LogP contribution in [0, 0.1) is 0 Å². The van der Waals surface area contributed by atoms with Gasteiger partial charge in [0.25, 0.3) is 0 Å². The quantitative estimate of drug-likeness (QED) is 0.837. The zero-order chi connectivity index (χ0) is 11.2. The van der Waals surface area contributed by atoms with Gasteiger partial charge in [0, 0.05) is 6.61 Å². The van der Waals surface area contributed by atoms with Crippen LogP contribution in [0.5, 0.6) is 5.75 Å². The molecule has 0 amide bonds. The molecule has 0 saturated carbocycles. The summed E-state index contributed by atoms with van der Waals surface area (Å²) in [6.07, 6.45) is 2.31. The topological polar surface area (TPSA) is 42.6 Å². The average Bonchev–Trinajstić information content (AvgIpc) is 2.82. The molecular weight excluding hydrogens is 204 g/mol. The molecule has 3 heteroatoms. The van der Waals surface area contributed by atoms with E-state index in [2.05, 4.69) is 0 Å². The lowest BCUT2D eigenvalue weighted by molar-refractivity contribution is 0.270. The van der Waals surface area contributed by atoms with Crippen LogP contribution in [0.1, 0.15) is 11.3 Å². The summed E-state index contributed by atoms with van der Waals surface area (Å²) in [5, 5.41) is 8.77. The van der Waals surface area contributed by atoms with Gasteiger partial charge in [-0.15, -0.1) is 0 Å². The van der Waals surface area contributed by atoms with Crippen LogP contribution >= 0.6 is 0 Å². The van der Waals surface area contributed by atoms with Crippen LogP contribution in [-0.4, -0.2) is 11.7 Å². The maximum atomic E-state index is 8.77. The fourth-order valence-electron chi connectivity index (χ4n) is 1.43. The molecule has 84 valence electrons. The van der Waals surface area contributed by atoms with Crippen molar-refractivity contribution < 1.29 is 14.3 Å². The zero-order valence-corrected chi connectivity index (χ0v) is 8.93. The predicted molar refractivity (Wildman–Crippen MR) is 60.3 cm³/mol. The second kappa shape index (κ2) is 5.37. The smallest absolute Gasteiger partial charge is 0.146 e. The molecule has 16 heavy (non-hydrogen) atoms. The summed E-state index contributed by atoms with van der Waals surface area (Å²) < 4.78 is 10.7. The summed E-state index contributed by atoms with van der Waals surface area (Å²) in [5.74, 6) is 1.61. The zero-order valence-electron chi connectivity index (χ0n) is 8.93. The Kier molecular flexibility index (Phi) is 3.62. The molecule has 0 unspecified atom stereocenters. The number of rotatable bonds is 5. The third-order valence-corrected chi connectivity index (χ3v) is 2.29. The molecule has 0 aliphatic heterocycles. The molecule has 2 rings (SSSR count). The molecule has 0 aliphatic carbocycles. The first-order valence-electron chi connectivity index (χ1n) is 5.23. The molecule has 1 aromatic carbocycles. The Balaban J connectivity index is 1.90. The Bertz CT molecular complexity index is 403. The molecule has 2 aromatic rings. The number of aliphatic hydroxyl groups is 1. The number of hydrogen-bond acceptors (Lipinski definition) is 3. The van der Waals surface area contributed by atoms with E-state index in [0.717, 1.165) is 17.1 Å². The first kappa shape index (κ1) is 10.8. The molecule has 0 radical (unpaired) electrons. The number of ether oxygens (including phenoxy) is 1. The lowest BCUT2D eigenvalue weighted by Crippen LogP contribution is -1.94. The summed E-state index contributed by atoms with van der Waals surface area (Å²) in [6.45, 7) is 0.610. The van der Waals surface area contributed by atoms with Crippen molar-refractivity contribution in [2.75, 3.05) is 6.61 Å². The monoisotopic (exact) mass is 218 g/mol. The summed E-state index contributed by atoms with van der Waals surface area (Å²) in [5.41, 5.74) is 1.10. The molecular formula is C13H14O3. The van der Waals surface area contributed by atoms with Crippen LogP contribution in [0.4, 0.5) is 0 Å². The van der Waals surface area contributed by atoms with Crippen LogP contribution in [0.3, 0.4) is 0 Å². The standard InChI is InChI=1S/C13H14O3/c14-8-7-11-3-5-12(6-4-11)16-10-13-2-1-9-15-13/h1-6,9,14H,7-8,10H2. The van der Waals surface area contributed by atoms with Crippen LogP contribution < -0.4 is 4.74 Å². The van der Waals surface area contributed by atoms with Crippen molar-refractivity contribution in [3.8, 4) is 5.75 Å². The molecule has 1 N–H and O–H groups in total. The van der Waals surface area contributed by atoms with Crippen molar-refractivity contribution in [1.82, 2.24) is 0 Å². The summed E-state index contributed by atoms with van der Waals surface area (Å²) in [6, 6.07) is 11.4. The number of benzene rings is 1. The van der Waals surface area contributed by atoms with Gasteiger partial charge >= 0.3 is 0 Å². The van der Waals surface area contributed by atoms with Gasteiger partial charge < -0.3 is 14.3 Å². The Morgan fingerprint density at radius 2 is 1.94 bits per heavy atom. The van der Waals surface area contributed by atoms with Crippen molar-refractivity contribution in [2.45, 2.75) is 13.0 Å². The van der Waals surface area contributed by atoms with Crippen molar-refractivity contribution in [3.63, 3.8) is 0 Å². The third kappa shape index (κ3) is 2.87. The Morgan fingerprint density at radius 1 is 1.12 bits per heavy atom. The molecule has 0 spiro atoms. The van der Waals surface area contributed by atoms with Crippen molar-refractivity contribution >= 4 is 0 Å². The van der Waals surface area contributed by atoms with Crippen LogP contribution in [0.2, 0.25) is 0 Å². The number of furan rings is 1. The highest BCUT2D eigenvalue weighted by molar-refractivity contribution is 5.27. The molecule has 0 fully saturated rings. The van der Waals surface area contributed by atoms with Gasteiger partial charge in [-0.25, -0.2) is 0 Å². The number of hydrogen-bond donors (Lipinski definition) is 1. The molecule has 0 bridgehead atoms. The minimum atomic E-state index is 0.173. The fraction of sp³-hybridized carbons (Fsp3) is 0.231. The maximum Gasteiger partial charge on any atom is 0.146 e. The van der Waals surface area contributed by atoms with E-state index in [0.29, 0.717) is 13.0 Å². The third-order valence-electron chi connectivity index (χ3n) is 2.29. The van der Waals surface area contributed by atoms with Gasteiger partial charge in [-0.05, 0) is 36.2 Å². The fourth-order valence-corrected chi connectivity index (χ4v) is 1.43. The van der Waals surface area contributed by atoms with E-state index in [1.165, 1.54) is 0 Å². The molecule has 0 atom stereocenters. The second-order valence-electron chi connectivity index (χ2n) is 3.49. The van der Waals surface area contributed by atoms with E-state index in [1.54, 1.807) is 6.26 Å². The predicted octanol–water partition coefficient (Wildman–Crippen LogP) is 2.39. The van der Waals surface area contributed by atoms with Crippen LogP contribution in [0.15, 0.2) is 47.1 Å². The first-order chi connectivity index (χ1) is 7.88.